The summed E-state index contributed by atoms with van der Waals surface area (Å²) in [5.41, 5.74) is 5.28. The van der Waals surface area contributed by atoms with Gasteiger partial charge >= 0.3 is 12.1 Å². The first-order chi connectivity index (χ1) is 12.8. The Balaban J connectivity index is 3.04. The molecule has 0 aliphatic heterocycles. The van der Waals surface area contributed by atoms with E-state index in [1.165, 1.54) is 0 Å². The van der Waals surface area contributed by atoms with Crippen molar-refractivity contribution in [3.05, 3.63) is 29.8 Å². The van der Waals surface area contributed by atoms with E-state index in [2.05, 4.69) is 17.2 Å². The van der Waals surface area contributed by atoms with Crippen LogP contribution < -0.4 is 15.8 Å². The number of ether oxygens (including phenoxy) is 3. The number of nitrogens with one attached hydrogen (secondary N) is 1. The molecule has 0 unspecified atom stereocenters. The Morgan fingerprint density at radius 1 is 1.00 bits per heavy atom. The van der Waals surface area contributed by atoms with Crippen LogP contribution in [0.1, 0.15) is 47.1 Å². The van der Waals surface area contributed by atoms with Gasteiger partial charge in [0.1, 0.15) is 29.0 Å². The van der Waals surface area contributed by atoms with Crippen LogP contribution in [0.15, 0.2) is 24.3 Å². The first-order valence-corrected chi connectivity index (χ1v) is 8.94. The number of benzene rings is 1. The third-order valence-electron chi connectivity index (χ3n) is 3.17. The van der Waals surface area contributed by atoms with E-state index < -0.39 is 35.3 Å². The molecule has 2 atom stereocenters. The van der Waals surface area contributed by atoms with Gasteiger partial charge in [-0.1, -0.05) is 11.8 Å². The summed E-state index contributed by atoms with van der Waals surface area (Å²) in [6.07, 6.45) is -0.722. The van der Waals surface area contributed by atoms with E-state index in [9.17, 15) is 9.59 Å². The van der Waals surface area contributed by atoms with Gasteiger partial charge in [-0.3, -0.25) is 4.79 Å². The number of alkyl carbamates (subject to hydrolysis) is 1. The van der Waals surface area contributed by atoms with Crippen LogP contribution in [0.25, 0.3) is 0 Å². The van der Waals surface area contributed by atoms with Crippen LogP contribution >= 0.6 is 0 Å². The van der Waals surface area contributed by atoms with Gasteiger partial charge in [0.15, 0.2) is 0 Å². The molecule has 0 fully saturated rings. The number of esters is 1. The van der Waals surface area contributed by atoms with Crippen molar-refractivity contribution in [1.82, 2.24) is 5.32 Å². The fourth-order valence-corrected chi connectivity index (χ4v) is 1.99. The summed E-state index contributed by atoms with van der Waals surface area (Å²) in [7, 11) is 1.57. The minimum absolute atomic E-state index is 0.669. The number of hydrogen-bond acceptors (Lipinski definition) is 6. The van der Waals surface area contributed by atoms with E-state index >= 15 is 0 Å². The third kappa shape index (κ3) is 8.78. The highest BCUT2D eigenvalue weighted by Gasteiger charge is 2.30. The second-order valence-corrected chi connectivity index (χ2v) is 8.18. The molecule has 1 amide bonds. The van der Waals surface area contributed by atoms with Crippen molar-refractivity contribution < 1.29 is 23.8 Å². The minimum Gasteiger partial charge on any atom is -0.497 e. The number of carbonyl (C=O) groups excluding carboxylic acids is 2. The maximum Gasteiger partial charge on any atom is 0.408 e. The molecule has 0 spiro atoms. The van der Waals surface area contributed by atoms with Crippen LogP contribution in [0.2, 0.25) is 0 Å². The molecule has 28 heavy (non-hydrogen) atoms. The summed E-state index contributed by atoms with van der Waals surface area (Å²) in [5, 5.41) is 2.55. The molecule has 0 aliphatic carbocycles. The number of methoxy groups -OCH3 is 1. The predicted octanol–water partition coefficient (Wildman–Crippen LogP) is 2.61. The summed E-state index contributed by atoms with van der Waals surface area (Å²) < 4.78 is 15.7. The Kier molecular flexibility index (Phi) is 7.89. The van der Waals surface area contributed by atoms with Gasteiger partial charge in [-0.05, 0) is 65.8 Å². The second kappa shape index (κ2) is 9.47. The number of carbonyl (C=O) groups is 2. The fraction of sp³-hybridized carbons (Fsp3) is 0.524. The van der Waals surface area contributed by atoms with Gasteiger partial charge in [0, 0.05) is 5.56 Å². The quantitative estimate of drug-likeness (QED) is 0.606. The molecular weight excluding hydrogens is 360 g/mol. The predicted molar refractivity (Wildman–Crippen MR) is 107 cm³/mol. The zero-order valence-corrected chi connectivity index (χ0v) is 17.6. The number of rotatable bonds is 4. The molecule has 0 saturated carbocycles. The standard InChI is InChI=1S/C21H30N2O5/c1-20(2,3)27-18(24)17(22)16(23-19(25)28-21(4,5)6)13-10-14-8-11-15(26-7)12-9-14/h8-9,11-12,16-17H,22H2,1-7H3,(H,23,25)/t16-,17+/m0/s1. The van der Waals surface area contributed by atoms with E-state index in [0.717, 1.165) is 0 Å². The van der Waals surface area contributed by atoms with Gasteiger partial charge in [0.25, 0.3) is 0 Å². The Labute approximate surface area is 166 Å². The fourth-order valence-electron chi connectivity index (χ4n) is 1.99. The second-order valence-electron chi connectivity index (χ2n) is 8.18. The van der Waals surface area contributed by atoms with Crippen molar-refractivity contribution in [3.63, 3.8) is 0 Å². The lowest BCUT2D eigenvalue weighted by Crippen LogP contribution is -2.53. The van der Waals surface area contributed by atoms with Gasteiger partial charge in [0.05, 0.1) is 7.11 Å². The molecule has 0 heterocycles. The maximum absolute atomic E-state index is 12.3. The SMILES string of the molecule is COc1ccc(C#C[C@H](NC(=O)OC(C)(C)C)[C@@H](N)C(=O)OC(C)(C)C)cc1. The summed E-state index contributed by atoms with van der Waals surface area (Å²) in [5.74, 6) is 5.75. The normalized spacial score (nSPS) is 13.4. The number of hydrogen-bond donors (Lipinski definition) is 2. The maximum atomic E-state index is 12.3. The van der Waals surface area contributed by atoms with Crippen molar-refractivity contribution >= 4 is 12.1 Å². The molecule has 0 bridgehead atoms. The Morgan fingerprint density at radius 3 is 2.00 bits per heavy atom. The zero-order chi connectivity index (χ0) is 21.5. The highest BCUT2D eigenvalue weighted by molar-refractivity contribution is 5.79. The minimum atomic E-state index is -1.18. The van der Waals surface area contributed by atoms with E-state index in [1.807, 2.05) is 0 Å². The highest BCUT2D eigenvalue weighted by atomic mass is 16.6. The van der Waals surface area contributed by atoms with E-state index in [0.29, 0.717) is 11.3 Å². The van der Waals surface area contributed by atoms with E-state index in [-0.39, 0.29) is 0 Å². The first-order valence-electron chi connectivity index (χ1n) is 8.94. The average molecular weight is 390 g/mol. The topological polar surface area (TPSA) is 99.9 Å². The molecule has 0 radical (unpaired) electrons. The first kappa shape index (κ1) is 23.3. The molecule has 154 valence electrons. The summed E-state index contributed by atoms with van der Waals surface area (Å²) in [4.78, 5) is 24.5. The summed E-state index contributed by atoms with van der Waals surface area (Å²) in [6.45, 7) is 10.4. The summed E-state index contributed by atoms with van der Waals surface area (Å²) >= 11 is 0. The molecular formula is C21H30N2O5. The molecule has 7 nitrogen and oxygen atoms in total. The number of nitrogens with two attached hydrogens (primary N) is 1. The van der Waals surface area contributed by atoms with Crippen LogP contribution in [-0.2, 0) is 14.3 Å². The van der Waals surface area contributed by atoms with Gasteiger partial charge in [-0.25, -0.2) is 4.79 Å². The lowest BCUT2D eigenvalue weighted by atomic mass is 10.1. The highest BCUT2D eigenvalue weighted by Crippen LogP contribution is 2.12. The third-order valence-corrected chi connectivity index (χ3v) is 3.17. The zero-order valence-electron chi connectivity index (χ0n) is 17.6. The number of amides is 1. The van der Waals surface area contributed by atoms with Crippen molar-refractivity contribution in [2.24, 2.45) is 5.73 Å². The Hall–Kier alpha value is -2.72. The lowest BCUT2D eigenvalue weighted by Gasteiger charge is -2.26. The van der Waals surface area contributed by atoms with E-state index in [4.69, 9.17) is 19.9 Å². The van der Waals surface area contributed by atoms with Crippen LogP contribution in [0.5, 0.6) is 5.75 Å². The molecule has 0 aliphatic rings. The van der Waals surface area contributed by atoms with Gasteiger partial charge in [-0.2, -0.15) is 0 Å². The molecule has 0 aromatic heterocycles. The van der Waals surface area contributed by atoms with Crippen molar-refractivity contribution in [3.8, 4) is 17.6 Å². The summed E-state index contributed by atoms with van der Waals surface area (Å²) in [6, 6.07) is 4.86. The van der Waals surface area contributed by atoms with Gasteiger partial charge in [0.2, 0.25) is 0 Å². The van der Waals surface area contributed by atoms with Crippen LogP contribution in [0.4, 0.5) is 4.79 Å². The van der Waals surface area contributed by atoms with Crippen LogP contribution in [0.3, 0.4) is 0 Å². The van der Waals surface area contributed by atoms with E-state index in [1.54, 1.807) is 72.9 Å². The molecule has 3 N–H and O–H groups in total. The van der Waals surface area contributed by atoms with Crippen LogP contribution in [-0.4, -0.2) is 42.5 Å². The van der Waals surface area contributed by atoms with Gasteiger partial charge < -0.3 is 25.3 Å². The molecule has 0 saturated heterocycles. The lowest BCUT2D eigenvalue weighted by molar-refractivity contribution is -0.156. The molecule has 1 aromatic carbocycles. The Bertz CT molecular complexity index is 733. The van der Waals surface area contributed by atoms with Crippen molar-refractivity contribution in [2.75, 3.05) is 7.11 Å². The van der Waals surface area contributed by atoms with Crippen molar-refractivity contribution in [2.45, 2.75) is 64.8 Å². The molecule has 7 heteroatoms. The average Bonchev–Trinajstić information content (AvgIpc) is 2.55. The molecule has 1 aromatic rings. The van der Waals surface area contributed by atoms with Crippen molar-refractivity contribution in [1.29, 1.82) is 0 Å². The largest absolute Gasteiger partial charge is 0.497 e. The monoisotopic (exact) mass is 390 g/mol. The molecule has 1 rings (SSSR count). The Morgan fingerprint density at radius 2 is 1.54 bits per heavy atom. The van der Waals surface area contributed by atoms with Crippen LogP contribution in [0, 0.1) is 11.8 Å². The van der Waals surface area contributed by atoms with Gasteiger partial charge in [-0.15, -0.1) is 0 Å². The smallest absolute Gasteiger partial charge is 0.408 e.